The largest absolute Gasteiger partial charge is 0.479 e. The first-order chi connectivity index (χ1) is 9.65. The number of thiophene rings is 1. The molecule has 0 spiro atoms. The summed E-state index contributed by atoms with van der Waals surface area (Å²) in [5, 5.41) is 14.1. The Kier molecular flexibility index (Phi) is 5.31. The van der Waals surface area contributed by atoms with Crippen LogP contribution in [0.5, 0.6) is 0 Å². The highest BCUT2D eigenvalue weighted by Gasteiger charge is 2.36. The summed E-state index contributed by atoms with van der Waals surface area (Å²) in [6, 6.07) is 0.673. The lowest BCUT2D eigenvalue weighted by molar-refractivity contribution is -0.142. The van der Waals surface area contributed by atoms with E-state index < -0.39 is 12.0 Å². The standard InChI is InChI=1S/C13H18N2O3S2/c1-19-7-2-5-14-13(18)15-6-3-10-9(4-8-20-10)11(15)12(16)17/h4,8,11H,2-3,5-7H2,1H3,(H,14,18)(H,16,17). The van der Waals surface area contributed by atoms with E-state index >= 15 is 0 Å². The van der Waals surface area contributed by atoms with Gasteiger partial charge in [0.25, 0.3) is 0 Å². The van der Waals surface area contributed by atoms with Crippen molar-refractivity contribution in [3.8, 4) is 0 Å². The summed E-state index contributed by atoms with van der Waals surface area (Å²) >= 11 is 3.29. The molecule has 2 N–H and O–H groups in total. The van der Waals surface area contributed by atoms with E-state index in [4.69, 9.17) is 0 Å². The second-order valence-electron chi connectivity index (χ2n) is 4.56. The van der Waals surface area contributed by atoms with Gasteiger partial charge >= 0.3 is 12.0 Å². The molecular formula is C13H18N2O3S2. The molecule has 110 valence electrons. The molecule has 1 atom stereocenters. The van der Waals surface area contributed by atoms with E-state index in [9.17, 15) is 14.7 Å². The zero-order valence-electron chi connectivity index (χ0n) is 11.3. The monoisotopic (exact) mass is 314 g/mol. The lowest BCUT2D eigenvalue weighted by atomic mass is 10.0. The molecule has 7 heteroatoms. The highest BCUT2D eigenvalue weighted by molar-refractivity contribution is 7.98. The summed E-state index contributed by atoms with van der Waals surface area (Å²) < 4.78 is 0. The van der Waals surface area contributed by atoms with Gasteiger partial charge < -0.3 is 15.3 Å². The van der Waals surface area contributed by atoms with E-state index in [1.165, 1.54) is 4.90 Å². The molecule has 1 aliphatic heterocycles. The van der Waals surface area contributed by atoms with Gasteiger partial charge in [0.1, 0.15) is 0 Å². The number of aliphatic carboxylic acids is 1. The Balaban J connectivity index is 2.04. The van der Waals surface area contributed by atoms with Crippen LogP contribution in [-0.4, -0.2) is 47.1 Å². The Hall–Kier alpha value is -1.21. The summed E-state index contributed by atoms with van der Waals surface area (Å²) in [4.78, 5) is 26.1. The maximum atomic E-state index is 12.2. The van der Waals surface area contributed by atoms with Crippen LogP contribution in [0.4, 0.5) is 4.79 Å². The zero-order valence-corrected chi connectivity index (χ0v) is 12.9. The number of nitrogens with zero attached hydrogens (tertiary/aromatic N) is 1. The number of nitrogens with one attached hydrogen (secondary N) is 1. The van der Waals surface area contributed by atoms with Gasteiger partial charge in [0, 0.05) is 18.0 Å². The van der Waals surface area contributed by atoms with Crippen molar-refractivity contribution >= 4 is 35.1 Å². The minimum absolute atomic E-state index is 0.282. The predicted octanol–water partition coefficient (Wildman–Crippen LogP) is 2.19. The molecule has 5 nitrogen and oxygen atoms in total. The number of hydrogen-bond donors (Lipinski definition) is 2. The number of fused-ring (bicyclic) bond motifs is 1. The van der Waals surface area contributed by atoms with E-state index in [2.05, 4.69) is 5.32 Å². The molecule has 0 saturated heterocycles. The van der Waals surface area contributed by atoms with Gasteiger partial charge in [0.15, 0.2) is 6.04 Å². The molecule has 20 heavy (non-hydrogen) atoms. The maximum absolute atomic E-state index is 12.2. The Labute approximate surface area is 126 Å². The number of carboxylic acid groups (broad SMARTS) is 1. The van der Waals surface area contributed by atoms with E-state index in [1.54, 1.807) is 23.1 Å². The van der Waals surface area contributed by atoms with Crippen molar-refractivity contribution in [1.82, 2.24) is 10.2 Å². The minimum Gasteiger partial charge on any atom is -0.479 e. The molecule has 0 fully saturated rings. The summed E-state index contributed by atoms with van der Waals surface area (Å²) in [5.74, 6) is 0.0146. The van der Waals surface area contributed by atoms with Gasteiger partial charge in [-0.25, -0.2) is 9.59 Å². The van der Waals surface area contributed by atoms with Gasteiger partial charge in [0.2, 0.25) is 0 Å². The number of thioether (sulfide) groups is 1. The van der Waals surface area contributed by atoms with Crippen LogP contribution in [-0.2, 0) is 11.2 Å². The Morgan fingerprint density at radius 3 is 3.10 bits per heavy atom. The lowest BCUT2D eigenvalue weighted by Gasteiger charge is -2.33. The van der Waals surface area contributed by atoms with Crippen LogP contribution in [0.1, 0.15) is 22.9 Å². The quantitative estimate of drug-likeness (QED) is 0.818. The van der Waals surface area contributed by atoms with Crippen LogP contribution in [0.25, 0.3) is 0 Å². The third-order valence-corrected chi connectivity index (χ3v) is 4.96. The SMILES string of the molecule is CSCCCNC(=O)N1CCc2sccc2C1C(=O)O. The normalized spacial score (nSPS) is 17.6. The zero-order chi connectivity index (χ0) is 14.5. The number of amides is 2. The number of carboxylic acids is 1. The highest BCUT2D eigenvalue weighted by Crippen LogP contribution is 2.33. The summed E-state index contributed by atoms with van der Waals surface area (Å²) in [6.07, 6.45) is 3.64. The molecule has 0 aliphatic carbocycles. The number of hydrogen-bond acceptors (Lipinski definition) is 4. The van der Waals surface area contributed by atoms with Crippen molar-refractivity contribution in [2.24, 2.45) is 0 Å². The predicted molar refractivity (Wildman–Crippen MR) is 81.5 cm³/mol. The summed E-state index contributed by atoms with van der Waals surface area (Å²) in [5.41, 5.74) is 0.757. The van der Waals surface area contributed by atoms with E-state index in [0.717, 1.165) is 29.0 Å². The van der Waals surface area contributed by atoms with Gasteiger partial charge in [-0.15, -0.1) is 11.3 Å². The Morgan fingerprint density at radius 2 is 2.40 bits per heavy atom. The van der Waals surface area contributed by atoms with Crippen molar-refractivity contribution in [1.29, 1.82) is 0 Å². The van der Waals surface area contributed by atoms with Gasteiger partial charge in [-0.1, -0.05) is 0 Å². The first-order valence-electron chi connectivity index (χ1n) is 6.47. The molecule has 2 heterocycles. The van der Waals surface area contributed by atoms with Crippen LogP contribution in [0.2, 0.25) is 0 Å². The molecule has 1 aromatic rings. The van der Waals surface area contributed by atoms with E-state index in [0.29, 0.717) is 13.1 Å². The topological polar surface area (TPSA) is 69.6 Å². The number of urea groups is 1. The number of carbonyl (C=O) groups excluding carboxylic acids is 1. The molecule has 1 aromatic heterocycles. The van der Waals surface area contributed by atoms with Crippen molar-refractivity contribution in [2.75, 3.05) is 25.1 Å². The van der Waals surface area contributed by atoms with Crippen LogP contribution >= 0.6 is 23.1 Å². The lowest BCUT2D eigenvalue weighted by Crippen LogP contribution is -2.48. The third kappa shape index (κ3) is 3.27. The highest BCUT2D eigenvalue weighted by atomic mass is 32.2. The molecule has 0 aromatic carbocycles. The smallest absolute Gasteiger partial charge is 0.331 e. The molecule has 1 unspecified atom stereocenters. The van der Waals surface area contributed by atoms with Gasteiger partial charge in [-0.05, 0) is 41.9 Å². The first kappa shape index (κ1) is 15.2. The molecule has 0 radical (unpaired) electrons. The van der Waals surface area contributed by atoms with Crippen molar-refractivity contribution < 1.29 is 14.7 Å². The molecule has 1 aliphatic rings. The van der Waals surface area contributed by atoms with Crippen LogP contribution < -0.4 is 5.32 Å². The minimum atomic E-state index is -0.969. The fraction of sp³-hybridized carbons (Fsp3) is 0.538. The first-order valence-corrected chi connectivity index (χ1v) is 8.75. The average Bonchev–Trinajstić information content (AvgIpc) is 2.90. The molecule has 0 bridgehead atoms. The van der Waals surface area contributed by atoms with E-state index in [-0.39, 0.29) is 6.03 Å². The number of carbonyl (C=O) groups is 2. The van der Waals surface area contributed by atoms with Crippen molar-refractivity contribution in [2.45, 2.75) is 18.9 Å². The Bertz CT molecular complexity index is 490. The van der Waals surface area contributed by atoms with Crippen LogP contribution in [0, 0.1) is 0 Å². The third-order valence-electron chi connectivity index (χ3n) is 3.26. The number of rotatable bonds is 5. The molecule has 0 saturated carbocycles. The van der Waals surface area contributed by atoms with E-state index in [1.807, 2.05) is 17.7 Å². The second-order valence-corrected chi connectivity index (χ2v) is 6.55. The fourth-order valence-corrected chi connectivity index (χ4v) is 3.65. The molecule has 2 rings (SSSR count). The van der Waals surface area contributed by atoms with Crippen molar-refractivity contribution in [3.05, 3.63) is 21.9 Å². The van der Waals surface area contributed by atoms with Crippen molar-refractivity contribution in [3.63, 3.8) is 0 Å². The molecule has 2 amide bonds. The van der Waals surface area contributed by atoms with Crippen LogP contribution in [0.3, 0.4) is 0 Å². The van der Waals surface area contributed by atoms with Gasteiger partial charge in [0.05, 0.1) is 0 Å². The summed E-state index contributed by atoms with van der Waals surface area (Å²) in [7, 11) is 0. The Morgan fingerprint density at radius 1 is 1.60 bits per heavy atom. The summed E-state index contributed by atoms with van der Waals surface area (Å²) in [6.45, 7) is 1.04. The fourth-order valence-electron chi connectivity index (χ4n) is 2.31. The second kappa shape index (κ2) is 6.99. The molecular weight excluding hydrogens is 296 g/mol. The van der Waals surface area contributed by atoms with Gasteiger partial charge in [-0.2, -0.15) is 11.8 Å². The maximum Gasteiger partial charge on any atom is 0.331 e. The van der Waals surface area contributed by atoms with Crippen LogP contribution in [0.15, 0.2) is 11.4 Å². The van der Waals surface area contributed by atoms with Gasteiger partial charge in [-0.3, -0.25) is 0 Å². The average molecular weight is 314 g/mol.